The maximum absolute atomic E-state index is 8.61. The van der Waals surface area contributed by atoms with Crippen LogP contribution in [0.5, 0.6) is 0 Å². The lowest BCUT2D eigenvalue weighted by Gasteiger charge is -2.01. The number of aryl methyl sites for hydroxylation is 1. The second-order valence-corrected chi connectivity index (χ2v) is 3.15. The number of hydrogen-bond acceptors (Lipinski definition) is 2. The number of amidine groups is 1. The van der Waals surface area contributed by atoms with Crippen LogP contribution in [0, 0.1) is 0 Å². The minimum absolute atomic E-state index is 0.141. The third kappa shape index (κ3) is 1.12. The lowest BCUT2D eigenvalue weighted by atomic mass is 10.1. The molecule has 4 nitrogen and oxygen atoms in total. The van der Waals surface area contributed by atoms with E-state index < -0.39 is 0 Å². The molecular formula is C10H11N3O. The second-order valence-electron chi connectivity index (χ2n) is 3.15. The summed E-state index contributed by atoms with van der Waals surface area (Å²) in [6.45, 7) is 0. The molecule has 4 heteroatoms. The second kappa shape index (κ2) is 3.06. The van der Waals surface area contributed by atoms with Gasteiger partial charge in [-0.15, -0.1) is 0 Å². The largest absolute Gasteiger partial charge is 0.409 e. The highest BCUT2D eigenvalue weighted by atomic mass is 16.4. The zero-order chi connectivity index (χ0) is 10.1. The van der Waals surface area contributed by atoms with E-state index in [1.807, 2.05) is 42.1 Å². The van der Waals surface area contributed by atoms with Gasteiger partial charge in [-0.2, -0.15) is 0 Å². The molecule has 0 aliphatic carbocycles. The van der Waals surface area contributed by atoms with Crippen molar-refractivity contribution in [2.75, 3.05) is 0 Å². The molecule has 0 saturated heterocycles. The van der Waals surface area contributed by atoms with E-state index in [1.165, 1.54) is 0 Å². The van der Waals surface area contributed by atoms with Gasteiger partial charge in [-0.3, -0.25) is 0 Å². The number of nitrogens with two attached hydrogens (primary N) is 1. The summed E-state index contributed by atoms with van der Waals surface area (Å²) < 4.78 is 1.99. The summed E-state index contributed by atoms with van der Waals surface area (Å²) in [6, 6.07) is 7.65. The van der Waals surface area contributed by atoms with Gasteiger partial charge >= 0.3 is 0 Å². The van der Waals surface area contributed by atoms with E-state index in [0.717, 1.165) is 16.5 Å². The first-order valence-corrected chi connectivity index (χ1v) is 4.26. The molecule has 0 spiro atoms. The highest BCUT2D eigenvalue weighted by Crippen LogP contribution is 2.18. The average Bonchev–Trinajstić information content (AvgIpc) is 2.59. The van der Waals surface area contributed by atoms with Crippen molar-refractivity contribution < 1.29 is 5.21 Å². The molecule has 3 N–H and O–H groups in total. The maximum atomic E-state index is 8.61. The summed E-state index contributed by atoms with van der Waals surface area (Å²) in [6.07, 6.45) is 1.94. The Kier molecular flexibility index (Phi) is 1.89. The Balaban J connectivity index is 2.78. The molecule has 0 saturated carbocycles. The molecule has 1 aromatic carbocycles. The first-order valence-electron chi connectivity index (χ1n) is 4.26. The van der Waals surface area contributed by atoms with Gasteiger partial charge in [0.1, 0.15) is 0 Å². The van der Waals surface area contributed by atoms with Crippen molar-refractivity contribution in [1.82, 2.24) is 4.57 Å². The van der Waals surface area contributed by atoms with E-state index in [0.29, 0.717) is 0 Å². The smallest absolute Gasteiger partial charge is 0.170 e. The predicted octanol–water partition coefficient (Wildman–Crippen LogP) is 1.27. The molecule has 2 aromatic rings. The fourth-order valence-electron chi connectivity index (χ4n) is 1.58. The highest BCUT2D eigenvalue weighted by molar-refractivity contribution is 6.08. The van der Waals surface area contributed by atoms with Gasteiger partial charge in [-0.25, -0.2) is 0 Å². The molecule has 2 rings (SSSR count). The lowest BCUT2D eigenvalue weighted by molar-refractivity contribution is 0.318. The number of nitrogens with zero attached hydrogens (tertiary/aromatic N) is 2. The van der Waals surface area contributed by atoms with Gasteiger partial charge in [0.15, 0.2) is 5.84 Å². The number of rotatable bonds is 1. The van der Waals surface area contributed by atoms with E-state index >= 15 is 0 Å². The van der Waals surface area contributed by atoms with Gasteiger partial charge < -0.3 is 15.5 Å². The molecule has 0 atom stereocenters. The molecule has 0 fully saturated rings. The molecule has 1 aromatic heterocycles. The van der Waals surface area contributed by atoms with Crippen LogP contribution in [0.4, 0.5) is 0 Å². The summed E-state index contributed by atoms with van der Waals surface area (Å²) in [4.78, 5) is 0. The standard InChI is InChI=1S/C10H11N3O/c1-13-6-5-7-8(10(11)12-14)3-2-4-9(7)13/h2-6,14H,1H3,(H2,11,12). The third-order valence-electron chi connectivity index (χ3n) is 2.31. The van der Waals surface area contributed by atoms with Gasteiger partial charge in [0, 0.05) is 29.7 Å². The topological polar surface area (TPSA) is 63.5 Å². The monoisotopic (exact) mass is 189 g/mol. The summed E-state index contributed by atoms with van der Waals surface area (Å²) >= 11 is 0. The van der Waals surface area contributed by atoms with Crippen molar-refractivity contribution in [2.45, 2.75) is 0 Å². The molecular weight excluding hydrogens is 178 g/mol. The van der Waals surface area contributed by atoms with E-state index in [-0.39, 0.29) is 5.84 Å². The van der Waals surface area contributed by atoms with E-state index in [1.54, 1.807) is 0 Å². The highest BCUT2D eigenvalue weighted by Gasteiger charge is 2.06. The molecule has 1 heterocycles. The van der Waals surface area contributed by atoms with Crippen LogP contribution < -0.4 is 5.73 Å². The predicted molar refractivity (Wildman–Crippen MR) is 55.4 cm³/mol. The van der Waals surface area contributed by atoms with Crippen LogP contribution in [0.2, 0.25) is 0 Å². The SMILES string of the molecule is Cn1ccc2c(/C(N)=N\O)cccc21. The van der Waals surface area contributed by atoms with E-state index in [9.17, 15) is 0 Å². The molecule has 0 bridgehead atoms. The van der Waals surface area contributed by atoms with Crippen molar-refractivity contribution in [3.05, 3.63) is 36.0 Å². The van der Waals surface area contributed by atoms with Gasteiger partial charge in [0.2, 0.25) is 0 Å². The van der Waals surface area contributed by atoms with Crippen molar-refractivity contribution in [2.24, 2.45) is 17.9 Å². The maximum Gasteiger partial charge on any atom is 0.170 e. The minimum Gasteiger partial charge on any atom is -0.409 e. The average molecular weight is 189 g/mol. The molecule has 72 valence electrons. The van der Waals surface area contributed by atoms with Crippen molar-refractivity contribution >= 4 is 16.7 Å². The number of fused-ring (bicyclic) bond motifs is 1. The van der Waals surface area contributed by atoms with Gasteiger partial charge in [0.05, 0.1) is 0 Å². The Morgan fingerprint density at radius 3 is 2.93 bits per heavy atom. The molecule has 0 amide bonds. The molecule has 0 aliphatic heterocycles. The van der Waals surface area contributed by atoms with Gasteiger partial charge in [-0.1, -0.05) is 17.3 Å². The quantitative estimate of drug-likeness (QED) is 0.307. The van der Waals surface area contributed by atoms with Crippen LogP contribution in [0.25, 0.3) is 10.9 Å². The molecule has 0 radical (unpaired) electrons. The molecule has 0 unspecified atom stereocenters. The summed E-state index contributed by atoms with van der Waals surface area (Å²) in [5.41, 5.74) is 7.38. The fourth-order valence-corrected chi connectivity index (χ4v) is 1.58. The fraction of sp³-hybridized carbons (Fsp3) is 0.100. The zero-order valence-corrected chi connectivity index (χ0v) is 7.81. The number of aromatic nitrogens is 1. The minimum atomic E-state index is 0.141. The third-order valence-corrected chi connectivity index (χ3v) is 2.31. The number of oxime groups is 1. The lowest BCUT2D eigenvalue weighted by Crippen LogP contribution is -2.13. The molecule has 0 aliphatic rings. The first kappa shape index (κ1) is 8.62. The van der Waals surface area contributed by atoms with Crippen LogP contribution in [0.3, 0.4) is 0 Å². The van der Waals surface area contributed by atoms with E-state index in [2.05, 4.69) is 5.16 Å². The Labute approximate surface area is 81.2 Å². The van der Waals surface area contributed by atoms with Crippen LogP contribution in [0.15, 0.2) is 35.6 Å². The van der Waals surface area contributed by atoms with Gasteiger partial charge in [0.25, 0.3) is 0 Å². The van der Waals surface area contributed by atoms with Crippen molar-refractivity contribution in [3.63, 3.8) is 0 Å². The Bertz CT molecular complexity index is 499. The van der Waals surface area contributed by atoms with Crippen LogP contribution >= 0.6 is 0 Å². The van der Waals surface area contributed by atoms with Crippen molar-refractivity contribution in [1.29, 1.82) is 0 Å². The Hall–Kier alpha value is -1.97. The van der Waals surface area contributed by atoms with Crippen LogP contribution in [-0.4, -0.2) is 15.6 Å². The first-order chi connectivity index (χ1) is 6.74. The number of hydrogen-bond donors (Lipinski definition) is 2. The summed E-state index contributed by atoms with van der Waals surface area (Å²) in [7, 11) is 1.96. The van der Waals surface area contributed by atoms with Crippen LogP contribution in [-0.2, 0) is 7.05 Å². The van der Waals surface area contributed by atoms with Crippen molar-refractivity contribution in [3.8, 4) is 0 Å². The Morgan fingerprint density at radius 1 is 1.43 bits per heavy atom. The normalized spacial score (nSPS) is 12.2. The van der Waals surface area contributed by atoms with Crippen LogP contribution in [0.1, 0.15) is 5.56 Å². The number of benzene rings is 1. The molecule has 14 heavy (non-hydrogen) atoms. The summed E-state index contributed by atoms with van der Waals surface area (Å²) in [5, 5.41) is 12.6. The zero-order valence-electron chi connectivity index (χ0n) is 7.81. The Morgan fingerprint density at radius 2 is 2.21 bits per heavy atom. The van der Waals surface area contributed by atoms with Gasteiger partial charge in [-0.05, 0) is 12.1 Å². The summed E-state index contributed by atoms with van der Waals surface area (Å²) in [5.74, 6) is 0.141. The van der Waals surface area contributed by atoms with E-state index in [4.69, 9.17) is 10.9 Å².